The summed E-state index contributed by atoms with van der Waals surface area (Å²) < 4.78 is 2.02. The van der Waals surface area contributed by atoms with Gasteiger partial charge < -0.3 is 15.6 Å². The van der Waals surface area contributed by atoms with Crippen LogP contribution in [0, 0.1) is 0 Å². The summed E-state index contributed by atoms with van der Waals surface area (Å²) in [6.07, 6.45) is 3.87. The highest BCUT2D eigenvalue weighted by Crippen LogP contribution is 2.26. The molecule has 2 rings (SSSR count). The Morgan fingerprint density at radius 2 is 2.25 bits per heavy atom. The molecule has 0 atom stereocenters. The summed E-state index contributed by atoms with van der Waals surface area (Å²) in [6.45, 7) is 4.78. The van der Waals surface area contributed by atoms with Gasteiger partial charge in [0.1, 0.15) is 5.65 Å². The van der Waals surface area contributed by atoms with Gasteiger partial charge in [0.15, 0.2) is 0 Å². The quantitative estimate of drug-likeness (QED) is 0.826. The maximum absolute atomic E-state index is 5.76. The van der Waals surface area contributed by atoms with Crippen LogP contribution in [0.2, 0.25) is 0 Å². The Morgan fingerprint density at radius 1 is 1.50 bits per heavy atom. The molecule has 0 aliphatic carbocycles. The van der Waals surface area contributed by atoms with Crippen molar-refractivity contribution in [1.29, 1.82) is 0 Å². The van der Waals surface area contributed by atoms with Crippen molar-refractivity contribution in [3.63, 3.8) is 0 Å². The smallest absolute Gasteiger partial charge is 0.141 e. The Hall–Kier alpha value is -1.55. The maximum atomic E-state index is 5.76. The number of aromatic nitrogens is 2. The van der Waals surface area contributed by atoms with Gasteiger partial charge >= 0.3 is 0 Å². The molecule has 0 aliphatic rings. The number of hydrogen-bond donors (Lipinski definition) is 2. The molecule has 4 nitrogen and oxygen atoms in total. The Kier molecular flexibility index (Phi) is 2.83. The van der Waals surface area contributed by atoms with Crippen LogP contribution in [0.1, 0.15) is 19.4 Å². The molecule has 0 aliphatic heterocycles. The predicted octanol–water partition coefficient (Wildman–Crippen LogP) is 1.85. The molecule has 0 spiro atoms. The van der Waals surface area contributed by atoms with E-state index in [-0.39, 0.29) is 0 Å². The summed E-state index contributed by atoms with van der Waals surface area (Å²) >= 11 is 0. The third-order valence-corrected chi connectivity index (χ3v) is 2.60. The number of nitrogens with two attached hydrogens (primary N) is 1. The molecule has 3 N–H and O–H groups in total. The Morgan fingerprint density at radius 3 is 2.88 bits per heavy atom. The van der Waals surface area contributed by atoms with Crippen molar-refractivity contribution >= 4 is 16.7 Å². The molecule has 0 saturated heterocycles. The highest BCUT2D eigenvalue weighted by molar-refractivity contribution is 5.93. The second-order valence-electron chi connectivity index (χ2n) is 4.33. The average Bonchev–Trinajstić information content (AvgIpc) is 2.56. The number of hydrogen-bond acceptors (Lipinski definition) is 3. The van der Waals surface area contributed by atoms with Crippen molar-refractivity contribution in [1.82, 2.24) is 9.55 Å². The number of nitrogens with one attached hydrogen (secondary N) is 1. The SMILES string of the molecule is CC(C)Nc1ccnc2c1c(CN)cn2C. The number of rotatable bonds is 3. The third-order valence-electron chi connectivity index (χ3n) is 2.60. The molecule has 0 radical (unpaired) electrons. The second-order valence-corrected chi connectivity index (χ2v) is 4.33. The van der Waals surface area contributed by atoms with Crippen LogP contribution in [-0.4, -0.2) is 15.6 Å². The fraction of sp³-hybridized carbons (Fsp3) is 0.417. The molecule has 0 bridgehead atoms. The van der Waals surface area contributed by atoms with Crippen molar-refractivity contribution in [3.8, 4) is 0 Å². The van der Waals surface area contributed by atoms with Gasteiger partial charge in [0.2, 0.25) is 0 Å². The molecule has 2 heterocycles. The van der Waals surface area contributed by atoms with Crippen LogP contribution in [0.15, 0.2) is 18.5 Å². The molecule has 0 amide bonds. The van der Waals surface area contributed by atoms with Gasteiger partial charge in [-0.1, -0.05) is 0 Å². The molecular formula is C12H18N4. The predicted molar refractivity (Wildman–Crippen MR) is 67.4 cm³/mol. The Bertz CT molecular complexity index is 499. The highest BCUT2D eigenvalue weighted by Gasteiger charge is 2.11. The Balaban J connectivity index is 2.64. The van der Waals surface area contributed by atoms with Gasteiger partial charge in [0.05, 0.1) is 0 Å². The molecule has 0 fully saturated rings. The molecule has 0 saturated carbocycles. The van der Waals surface area contributed by atoms with E-state index in [1.165, 1.54) is 0 Å². The molecule has 4 heteroatoms. The zero-order valence-electron chi connectivity index (χ0n) is 9.99. The first-order valence-electron chi connectivity index (χ1n) is 5.53. The van der Waals surface area contributed by atoms with Gasteiger partial charge in [0.25, 0.3) is 0 Å². The van der Waals surface area contributed by atoms with Gasteiger partial charge in [-0.2, -0.15) is 0 Å². The largest absolute Gasteiger partial charge is 0.382 e. The first-order valence-corrected chi connectivity index (χ1v) is 5.53. The third kappa shape index (κ3) is 1.76. The minimum absolute atomic E-state index is 0.399. The normalized spacial score (nSPS) is 11.3. The van der Waals surface area contributed by atoms with E-state index < -0.39 is 0 Å². The average molecular weight is 218 g/mol. The molecule has 0 unspecified atom stereocenters. The lowest BCUT2D eigenvalue weighted by Crippen LogP contribution is -2.10. The monoisotopic (exact) mass is 218 g/mol. The van der Waals surface area contributed by atoms with E-state index in [0.29, 0.717) is 12.6 Å². The van der Waals surface area contributed by atoms with Crippen LogP contribution in [0.5, 0.6) is 0 Å². The first-order chi connectivity index (χ1) is 7.63. The van der Waals surface area contributed by atoms with Gasteiger partial charge in [-0.05, 0) is 25.5 Å². The van der Waals surface area contributed by atoms with E-state index in [0.717, 1.165) is 22.3 Å². The number of nitrogens with zero attached hydrogens (tertiary/aromatic N) is 2. The summed E-state index contributed by atoms with van der Waals surface area (Å²) in [5, 5.41) is 4.57. The van der Waals surface area contributed by atoms with Crippen LogP contribution in [0.4, 0.5) is 5.69 Å². The number of aryl methyl sites for hydroxylation is 1. The molecule has 16 heavy (non-hydrogen) atoms. The summed E-state index contributed by atoms with van der Waals surface area (Å²) in [7, 11) is 1.99. The lowest BCUT2D eigenvalue weighted by Gasteiger charge is -2.11. The summed E-state index contributed by atoms with van der Waals surface area (Å²) in [4.78, 5) is 4.38. The molecule has 86 valence electrons. The zero-order valence-corrected chi connectivity index (χ0v) is 9.99. The summed E-state index contributed by atoms with van der Waals surface area (Å²) in [5.74, 6) is 0. The van der Waals surface area contributed by atoms with Gasteiger partial charge in [-0.3, -0.25) is 0 Å². The molecular weight excluding hydrogens is 200 g/mol. The van der Waals surface area contributed by atoms with E-state index in [1.807, 2.05) is 30.1 Å². The summed E-state index contributed by atoms with van der Waals surface area (Å²) in [6, 6.07) is 2.40. The topological polar surface area (TPSA) is 55.9 Å². The minimum atomic E-state index is 0.399. The van der Waals surface area contributed by atoms with Crippen LogP contribution in [-0.2, 0) is 13.6 Å². The fourth-order valence-corrected chi connectivity index (χ4v) is 1.98. The van der Waals surface area contributed by atoms with Gasteiger partial charge in [-0.25, -0.2) is 4.98 Å². The molecule has 2 aromatic heterocycles. The van der Waals surface area contributed by atoms with Gasteiger partial charge in [0, 0.05) is 43.1 Å². The van der Waals surface area contributed by atoms with E-state index >= 15 is 0 Å². The Labute approximate surface area is 95.5 Å². The van der Waals surface area contributed by atoms with E-state index in [2.05, 4.69) is 24.1 Å². The zero-order chi connectivity index (χ0) is 11.7. The van der Waals surface area contributed by atoms with Crippen LogP contribution in [0.3, 0.4) is 0 Å². The molecule has 0 aromatic carbocycles. The van der Waals surface area contributed by atoms with Crippen molar-refractivity contribution in [3.05, 3.63) is 24.0 Å². The summed E-state index contributed by atoms with van der Waals surface area (Å²) in [5.41, 5.74) is 8.98. The molecule has 2 aromatic rings. The minimum Gasteiger partial charge on any atom is -0.382 e. The lowest BCUT2D eigenvalue weighted by atomic mass is 10.2. The van der Waals surface area contributed by atoms with Gasteiger partial charge in [-0.15, -0.1) is 0 Å². The fourth-order valence-electron chi connectivity index (χ4n) is 1.98. The maximum Gasteiger partial charge on any atom is 0.141 e. The first kappa shape index (κ1) is 11.0. The van der Waals surface area contributed by atoms with Crippen molar-refractivity contribution in [2.45, 2.75) is 26.4 Å². The number of fused-ring (bicyclic) bond motifs is 1. The van der Waals surface area contributed by atoms with E-state index in [1.54, 1.807) is 0 Å². The van der Waals surface area contributed by atoms with Crippen LogP contribution in [0.25, 0.3) is 11.0 Å². The standard InChI is InChI=1S/C12H18N4/c1-8(2)15-10-4-5-14-12-11(10)9(6-13)7-16(12)3/h4-5,7-8H,6,13H2,1-3H3,(H,14,15). The van der Waals surface area contributed by atoms with Crippen molar-refractivity contribution < 1.29 is 0 Å². The second kappa shape index (κ2) is 4.14. The van der Waals surface area contributed by atoms with E-state index in [9.17, 15) is 0 Å². The van der Waals surface area contributed by atoms with Crippen molar-refractivity contribution in [2.75, 3.05) is 5.32 Å². The van der Waals surface area contributed by atoms with Crippen LogP contribution < -0.4 is 11.1 Å². The van der Waals surface area contributed by atoms with E-state index in [4.69, 9.17) is 5.73 Å². The number of anilines is 1. The highest BCUT2D eigenvalue weighted by atomic mass is 15.0. The lowest BCUT2D eigenvalue weighted by molar-refractivity contribution is 0.900. The van der Waals surface area contributed by atoms with Crippen LogP contribution >= 0.6 is 0 Å². The number of pyridine rings is 1. The van der Waals surface area contributed by atoms with Crippen molar-refractivity contribution in [2.24, 2.45) is 12.8 Å².